The number of alkyl halides is 1. The van der Waals surface area contributed by atoms with Gasteiger partial charge in [0.1, 0.15) is 11.8 Å². The monoisotopic (exact) mass is 348 g/mol. The van der Waals surface area contributed by atoms with Gasteiger partial charge in [0.2, 0.25) is 0 Å². The third kappa shape index (κ3) is 4.35. The van der Waals surface area contributed by atoms with Crippen LogP contribution in [-0.4, -0.2) is 12.0 Å². The molecule has 1 N–H and O–H groups in total. The van der Waals surface area contributed by atoms with Crippen LogP contribution in [0.25, 0.3) is 5.70 Å². The molecule has 1 aromatic rings. The summed E-state index contributed by atoms with van der Waals surface area (Å²) in [6.45, 7) is 3.92. The molecule has 0 fully saturated rings. The molecule has 1 unspecified atom stereocenters. The molecule has 1 aromatic carbocycles. The van der Waals surface area contributed by atoms with E-state index in [0.29, 0.717) is 12.2 Å². The van der Waals surface area contributed by atoms with E-state index in [1.54, 1.807) is 0 Å². The Bertz CT molecular complexity index is 519. The quantitative estimate of drug-likeness (QED) is 0.675. The predicted molar refractivity (Wildman–Crippen MR) is 70.7 cm³/mol. The molecule has 1 heterocycles. The number of benzene rings is 1. The largest absolute Gasteiger partial charge is 0.479 e. The maximum absolute atomic E-state index is 8.42. The van der Waals surface area contributed by atoms with Crippen LogP contribution >= 0.6 is 11.6 Å². The van der Waals surface area contributed by atoms with Gasteiger partial charge in [-0.05, 0) is 12.1 Å². The van der Waals surface area contributed by atoms with Gasteiger partial charge in [0.05, 0.1) is 5.38 Å². The normalized spacial score (nSPS) is 17.6. The Kier molecular flexibility index (Phi) is 6.58. The maximum Gasteiger partial charge on any atom is 0.174 e. The van der Waals surface area contributed by atoms with Crippen LogP contribution in [0.2, 0.25) is 0 Å². The van der Waals surface area contributed by atoms with E-state index in [4.69, 9.17) is 21.6 Å². The van der Waals surface area contributed by atoms with E-state index < -0.39 is 0 Å². The van der Waals surface area contributed by atoms with Crippen LogP contribution in [0, 0.1) is 17.4 Å². The van der Waals surface area contributed by atoms with Crippen LogP contribution in [-0.2, 0) is 32.7 Å². The minimum absolute atomic E-state index is 0. The molecule has 1 radical (unpaired) electrons. The molecule has 0 amide bonds. The average Bonchev–Trinajstić information content (AvgIpc) is 2.40. The first kappa shape index (κ1) is 16.2. The van der Waals surface area contributed by atoms with Crippen LogP contribution in [0.3, 0.4) is 0 Å². The second-order valence-corrected chi connectivity index (χ2v) is 4.37. The Balaban J connectivity index is 0.00000180. The Labute approximate surface area is 143 Å². The molecular weight excluding hydrogens is 337 g/mol. The molecule has 2 rings (SSSR count). The van der Waals surface area contributed by atoms with Crippen molar-refractivity contribution in [3.05, 3.63) is 48.2 Å². The number of nitrogens with one attached hydrogen (secondary N) is 1. The molecule has 0 saturated heterocycles. The van der Waals surface area contributed by atoms with Crippen molar-refractivity contribution in [2.75, 3.05) is 6.61 Å². The third-order valence-electron chi connectivity index (χ3n) is 2.57. The molecule has 19 heavy (non-hydrogen) atoms. The van der Waals surface area contributed by atoms with Crippen LogP contribution < -0.4 is 10.1 Å². The molecule has 95 valence electrons. The van der Waals surface area contributed by atoms with Crippen molar-refractivity contribution in [1.29, 1.82) is 5.26 Å². The van der Waals surface area contributed by atoms with Gasteiger partial charge in [0, 0.05) is 38.4 Å². The SMILES string of the molecule is C=C1NC(c2ccc(OCC#N)cc2)=[C-]CC1Cl.[Y]. The van der Waals surface area contributed by atoms with Gasteiger partial charge in [0.15, 0.2) is 6.61 Å². The standard InChI is InChI=1S/C14H12ClN2O.Y/c1-10-13(15)6-7-14(17-10)11-2-4-12(5-3-11)18-9-8-16;/h2-5,13,17H,1,6,9H2;/q-1;. The van der Waals surface area contributed by atoms with Gasteiger partial charge in [-0.1, -0.05) is 13.0 Å². The van der Waals surface area contributed by atoms with Crippen molar-refractivity contribution < 1.29 is 37.4 Å². The molecule has 0 aliphatic carbocycles. The number of halogens is 1. The van der Waals surface area contributed by atoms with E-state index in [1.165, 1.54) is 0 Å². The predicted octanol–water partition coefficient (Wildman–Crippen LogP) is 2.84. The van der Waals surface area contributed by atoms with Gasteiger partial charge in [-0.25, -0.2) is 6.08 Å². The number of nitriles is 1. The first-order valence-corrected chi connectivity index (χ1v) is 5.95. The molecule has 5 heteroatoms. The fourth-order valence-corrected chi connectivity index (χ4v) is 1.74. The Morgan fingerprint density at radius 2 is 2.16 bits per heavy atom. The van der Waals surface area contributed by atoms with Gasteiger partial charge < -0.3 is 10.1 Å². The molecule has 1 aliphatic heterocycles. The van der Waals surface area contributed by atoms with Crippen molar-refractivity contribution in [3.8, 4) is 11.8 Å². The number of ether oxygens (including phenoxy) is 1. The van der Waals surface area contributed by atoms with Crippen LogP contribution in [0.4, 0.5) is 0 Å². The summed E-state index contributed by atoms with van der Waals surface area (Å²) in [4.78, 5) is 0. The first-order chi connectivity index (χ1) is 8.70. The van der Waals surface area contributed by atoms with E-state index >= 15 is 0 Å². The van der Waals surface area contributed by atoms with Gasteiger partial charge in [-0.2, -0.15) is 10.8 Å². The molecule has 3 nitrogen and oxygen atoms in total. The van der Waals surface area contributed by atoms with E-state index in [9.17, 15) is 0 Å². The zero-order valence-corrected chi connectivity index (χ0v) is 13.9. The van der Waals surface area contributed by atoms with Crippen molar-refractivity contribution in [1.82, 2.24) is 5.32 Å². The number of nitrogens with zero attached hydrogens (tertiary/aromatic N) is 1. The number of allylic oxidation sites excluding steroid dienone is 2. The van der Waals surface area contributed by atoms with E-state index in [0.717, 1.165) is 17.0 Å². The van der Waals surface area contributed by atoms with E-state index in [2.05, 4.69) is 18.0 Å². The molecular formula is C14H12ClN2OY-. The summed E-state index contributed by atoms with van der Waals surface area (Å²) in [7, 11) is 0. The summed E-state index contributed by atoms with van der Waals surface area (Å²) in [6, 6.07) is 9.38. The third-order valence-corrected chi connectivity index (χ3v) is 2.99. The van der Waals surface area contributed by atoms with E-state index in [1.807, 2.05) is 30.3 Å². The molecule has 0 spiro atoms. The molecule has 1 atom stereocenters. The molecule has 0 aromatic heterocycles. The Morgan fingerprint density at radius 3 is 2.74 bits per heavy atom. The number of rotatable bonds is 3. The zero-order chi connectivity index (χ0) is 13.0. The maximum atomic E-state index is 8.42. The molecule has 0 bridgehead atoms. The second kappa shape index (κ2) is 7.70. The van der Waals surface area contributed by atoms with Crippen molar-refractivity contribution in [3.63, 3.8) is 0 Å². The Hall–Kier alpha value is -0.816. The first-order valence-electron chi connectivity index (χ1n) is 5.51. The summed E-state index contributed by atoms with van der Waals surface area (Å²) in [5.41, 5.74) is 2.66. The number of hydrogen-bond donors (Lipinski definition) is 1. The minimum atomic E-state index is -0.105. The van der Waals surface area contributed by atoms with Crippen molar-refractivity contribution in [2.45, 2.75) is 11.8 Å². The van der Waals surface area contributed by atoms with Gasteiger partial charge in [-0.3, -0.25) is 0 Å². The topological polar surface area (TPSA) is 45.0 Å². The van der Waals surface area contributed by atoms with Crippen LogP contribution in [0.15, 0.2) is 36.5 Å². The fraction of sp³-hybridized carbons (Fsp3) is 0.214. The summed E-state index contributed by atoms with van der Waals surface area (Å²) >= 11 is 6.01. The van der Waals surface area contributed by atoms with E-state index in [-0.39, 0.29) is 44.7 Å². The zero-order valence-electron chi connectivity index (χ0n) is 10.3. The summed E-state index contributed by atoms with van der Waals surface area (Å²) in [5.74, 6) is 0.672. The average molecular weight is 349 g/mol. The van der Waals surface area contributed by atoms with Crippen molar-refractivity contribution >= 4 is 17.3 Å². The summed E-state index contributed by atoms with van der Waals surface area (Å²) in [5, 5.41) is 11.4. The summed E-state index contributed by atoms with van der Waals surface area (Å²) in [6.07, 6.45) is 3.85. The van der Waals surface area contributed by atoms with Gasteiger partial charge in [-0.15, -0.1) is 29.4 Å². The fourth-order valence-electron chi connectivity index (χ4n) is 1.61. The Morgan fingerprint density at radius 1 is 1.47 bits per heavy atom. The molecule has 1 aliphatic rings. The minimum Gasteiger partial charge on any atom is -0.479 e. The second-order valence-electron chi connectivity index (χ2n) is 3.84. The van der Waals surface area contributed by atoms with Gasteiger partial charge >= 0.3 is 0 Å². The van der Waals surface area contributed by atoms with Crippen LogP contribution in [0.5, 0.6) is 5.75 Å². The van der Waals surface area contributed by atoms with Crippen LogP contribution in [0.1, 0.15) is 12.0 Å². The van der Waals surface area contributed by atoms with Gasteiger partial charge in [0.25, 0.3) is 0 Å². The van der Waals surface area contributed by atoms with Crippen molar-refractivity contribution in [2.24, 2.45) is 0 Å². The summed E-state index contributed by atoms with van der Waals surface area (Å²) < 4.78 is 5.19. The molecule has 0 saturated carbocycles. The smallest absolute Gasteiger partial charge is 0.174 e. The number of hydrogen-bond acceptors (Lipinski definition) is 3.